The number of aryl methyl sites for hydroxylation is 2. The van der Waals surface area contributed by atoms with E-state index >= 15 is 0 Å². The van der Waals surface area contributed by atoms with Gasteiger partial charge in [-0.05, 0) is 43.5 Å². The zero-order valence-corrected chi connectivity index (χ0v) is 20.1. The van der Waals surface area contributed by atoms with Gasteiger partial charge in [0.05, 0.1) is 15.5 Å². The summed E-state index contributed by atoms with van der Waals surface area (Å²) in [6, 6.07) is 21.9. The number of carboxylic acids is 1. The molecule has 1 aromatic heterocycles. The zero-order valence-electron chi connectivity index (χ0n) is 19.3. The van der Waals surface area contributed by atoms with E-state index in [1.165, 1.54) is 4.68 Å². The van der Waals surface area contributed by atoms with E-state index in [-0.39, 0.29) is 11.4 Å². The molecule has 34 heavy (non-hydrogen) atoms. The van der Waals surface area contributed by atoms with Gasteiger partial charge in [0.1, 0.15) is 6.54 Å². The highest BCUT2D eigenvalue weighted by Gasteiger charge is 2.26. The summed E-state index contributed by atoms with van der Waals surface area (Å²) in [6.07, 6.45) is 0.302. The molecule has 4 aromatic rings. The van der Waals surface area contributed by atoms with Crippen molar-refractivity contribution in [1.82, 2.24) is 9.78 Å². The van der Waals surface area contributed by atoms with Crippen molar-refractivity contribution in [3.8, 4) is 11.3 Å². The molecule has 1 N–H and O–H groups in total. The van der Waals surface area contributed by atoms with Gasteiger partial charge in [0.25, 0.3) is 0 Å². The Balaban J connectivity index is 1.87. The third-order valence-corrected chi connectivity index (χ3v) is 8.13. The van der Waals surface area contributed by atoms with Crippen LogP contribution in [0.2, 0.25) is 0 Å². The summed E-state index contributed by atoms with van der Waals surface area (Å²) in [7, 11) is -3.77. The Morgan fingerprint density at radius 3 is 2.15 bits per heavy atom. The number of carboxylic acid groups (broad SMARTS) is 1. The topological polar surface area (TPSA) is 89.3 Å². The third kappa shape index (κ3) is 4.39. The molecule has 0 unspecified atom stereocenters. The van der Waals surface area contributed by atoms with Crippen molar-refractivity contribution in [3.05, 3.63) is 101 Å². The summed E-state index contributed by atoms with van der Waals surface area (Å²) in [5, 5.41) is 13.9. The standard InChI is InChI=1S/C27H26N2O4S/c1-18-10-9-11-19(2)27(18)34(32,33)24-15-8-7-14-22(24)16-23-20(3)29(17-25(30)31)28-26(23)21-12-5-4-6-13-21/h4-15H,16-17H2,1-3H3,(H,30,31). The molecule has 6 nitrogen and oxygen atoms in total. The van der Waals surface area contributed by atoms with Crippen molar-refractivity contribution in [3.63, 3.8) is 0 Å². The molecule has 0 aliphatic carbocycles. The van der Waals surface area contributed by atoms with E-state index in [2.05, 4.69) is 5.10 Å². The van der Waals surface area contributed by atoms with Gasteiger partial charge in [0.2, 0.25) is 9.84 Å². The van der Waals surface area contributed by atoms with Gasteiger partial charge in [-0.3, -0.25) is 9.48 Å². The van der Waals surface area contributed by atoms with E-state index in [9.17, 15) is 18.3 Å². The molecule has 0 amide bonds. The highest BCUT2D eigenvalue weighted by Crippen LogP contribution is 2.33. The number of sulfone groups is 1. The van der Waals surface area contributed by atoms with Gasteiger partial charge in [-0.1, -0.05) is 66.7 Å². The van der Waals surface area contributed by atoms with Crippen LogP contribution in [0.25, 0.3) is 11.3 Å². The van der Waals surface area contributed by atoms with Crippen LogP contribution in [0.4, 0.5) is 0 Å². The van der Waals surface area contributed by atoms with Gasteiger partial charge >= 0.3 is 5.97 Å². The van der Waals surface area contributed by atoms with E-state index in [1.807, 2.05) is 55.5 Å². The Labute approximate surface area is 199 Å². The lowest BCUT2D eigenvalue weighted by molar-refractivity contribution is -0.137. The minimum absolute atomic E-state index is 0.247. The number of rotatable bonds is 7. The van der Waals surface area contributed by atoms with Crippen molar-refractivity contribution in [2.24, 2.45) is 0 Å². The molecule has 0 atom stereocenters. The lowest BCUT2D eigenvalue weighted by Crippen LogP contribution is -2.12. The lowest BCUT2D eigenvalue weighted by atomic mass is 9.99. The number of hydrogen-bond donors (Lipinski definition) is 1. The summed E-state index contributed by atoms with van der Waals surface area (Å²) in [5.41, 5.74) is 5.03. The minimum Gasteiger partial charge on any atom is -0.480 e. The fourth-order valence-corrected chi connectivity index (χ4v) is 6.29. The fourth-order valence-electron chi connectivity index (χ4n) is 4.34. The van der Waals surface area contributed by atoms with E-state index in [0.29, 0.717) is 39.4 Å². The van der Waals surface area contributed by atoms with Crippen molar-refractivity contribution in [1.29, 1.82) is 0 Å². The van der Waals surface area contributed by atoms with E-state index < -0.39 is 15.8 Å². The van der Waals surface area contributed by atoms with Crippen LogP contribution in [0, 0.1) is 20.8 Å². The Bertz CT molecular complexity index is 1450. The maximum absolute atomic E-state index is 13.8. The molecule has 0 saturated carbocycles. The SMILES string of the molecule is Cc1cccc(C)c1S(=O)(=O)c1ccccc1Cc1c(-c2ccccc2)nn(CC(=O)O)c1C. The summed E-state index contributed by atoms with van der Waals surface area (Å²) in [6.45, 7) is 5.15. The van der Waals surface area contributed by atoms with Crippen LogP contribution in [0.1, 0.15) is 27.9 Å². The smallest absolute Gasteiger partial charge is 0.325 e. The average Bonchev–Trinajstić information content (AvgIpc) is 3.09. The predicted molar refractivity (Wildman–Crippen MR) is 131 cm³/mol. The summed E-state index contributed by atoms with van der Waals surface area (Å²) in [4.78, 5) is 12.0. The highest BCUT2D eigenvalue weighted by atomic mass is 32.2. The number of aromatic nitrogens is 2. The fraction of sp³-hybridized carbons (Fsp3) is 0.185. The Kier molecular flexibility index (Phi) is 6.39. The maximum Gasteiger partial charge on any atom is 0.325 e. The molecule has 0 aliphatic heterocycles. The molecule has 0 spiro atoms. The van der Waals surface area contributed by atoms with Crippen molar-refractivity contribution in [2.45, 2.75) is 43.5 Å². The number of aliphatic carboxylic acids is 1. The van der Waals surface area contributed by atoms with E-state index in [0.717, 1.165) is 11.1 Å². The molecule has 1 heterocycles. The highest BCUT2D eigenvalue weighted by molar-refractivity contribution is 7.91. The summed E-state index contributed by atoms with van der Waals surface area (Å²) in [5.74, 6) is -0.991. The van der Waals surface area contributed by atoms with Gasteiger partial charge < -0.3 is 5.11 Å². The maximum atomic E-state index is 13.8. The number of benzene rings is 3. The molecule has 7 heteroatoms. The average molecular weight is 475 g/mol. The molecule has 0 saturated heterocycles. The second kappa shape index (κ2) is 9.27. The van der Waals surface area contributed by atoms with Crippen molar-refractivity contribution in [2.75, 3.05) is 0 Å². The number of carbonyl (C=O) groups is 1. The molecule has 0 bridgehead atoms. The quantitative estimate of drug-likeness (QED) is 0.408. The Morgan fingerprint density at radius 1 is 0.882 bits per heavy atom. The summed E-state index contributed by atoms with van der Waals surface area (Å²) >= 11 is 0. The third-order valence-electron chi connectivity index (χ3n) is 5.97. The molecular weight excluding hydrogens is 448 g/mol. The van der Waals surface area contributed by atoms with Crippen LogP contribution < -0.4 is 0 Å². The number of nitrogens with zero attached hydrogens (tertiary/aromatic N) is 2. The van der Waals surface area contributed by atoms with Gasteiger partial charge in [-0.2, -0.15) is 5.10 Å². The number of hydrogen-bond acceptors (Lipinski definition) is 4. The first-order valence-electron chi connectivity index (χ1n) is 10.9. The Morgan fingerprint density at radius 2 is 1.50 bits per heavy atom. The normalized spacial score (nSPS) is 11.5. The van der Waals surface area contributed by atoms with Crippen LogP contribution in [0.15, 0.2) is 82.6 Å². The van der Waals surface area contributed by atoms with Crippen LogP contribution in [0.5, 0.6) is 0 Å². The Hall–Kier alpha value is -3.71. The zero-order chi connectivity index (χ0) is 24.5. The molecule has 174 valence electrons. The van der Waals surface area contributed by atoms with Crippen LogP contribution in [0.3, 0.4) is 0 Å². The molecule has 0 aliphatic rings. The van der Waals surface area contributed by atoms with E-state index in [4.69, 9.17) is 0 Å². The lowest BCUT2D eigenvalue weighted by Gasteiger charge is -2.15. The van der Waals surface area contributed by atoms with Crippen LogP contribution >= 0.6 is 0 Å². The van der Waals surface area contributed by atoms with Gasteiger partial charge in [-0.25, -0.2) is 8.42 Å². The summed E-state index contributed by atoms with van der Waals surface area (Å²) < 4.78 is 29.0. The first kappa shape index (κ1) is 23.4. The first-order valence-corrected chi connectivity index (χ1v) is 12.4. The predicted octanol–water partition coefficient (Wildman–Crippen LogP) is 4.98. The monoisotopic (exact) mass is 474 g/mol. The molecular formula is C27H26N2O4S. The van der Waals surface area contributed by atoms with Crippen LogP contribution in [-0.2, 0) is 27.6 Å². The van der Waals surface area contributed by atoms with Crippen molar-refractivity contribution < 1.29 is 18.3 Å². The molecule has 3 aromatic carbocycles. The van der Waals surface area contributed by atoms with Gasteiger partial charge in [0.15, 0.2) is 0 Å². The first-order chi connectivity index (χ1) is 16.2. The molecule has 4 rings (SSSR count). The molecule has 0 fully saturated rings. The molecule has 0 radical (unpaired) electrons. The van der Waals surface area contributed by atoms with Gasteiger partial charge in [-0.15, -0.1) is 0 Å². The van der Waals surface area contributed by atoms with Crippen molar-refractivity contribution >= 4 is 15.8 Å². The largest absolute Gasteiger partial charge is 0.480 e. The second-order valence-corrected chi connectivity index (χ2v) is 10.2. The minimum atomic E-state index is -3.77. The van der Waals surface area contributed by atoms with Crippen LogP contribution in [-0.4, -0.2) is 29.3 Å². The second-order valence-electron chi connectivity index (χ2n) is 8.34. The van der Waals surface area contributed by atoms with E-state index in [1.54, 1.807) is 38.1 Å². The van der Waals surface area contributed by atoms with Gasteiger partial charge in [0, 0.05) is 23.2 Å².